The van der Waals surface area contributed by atoms with Crippen molar-refractivity contribution in [3.05, 3.63) is 23.3 Å². The van der Waals surface area contributed by atoms with Crippen LogP contribution in [0.2, 0.25) is 0 Å². The highest BCUT2D eigenvalue weighted by Crippen LogP contribution is 2.37. The minimum Gasteiger partial charge on any atom is -0.496 e. The standard InChI is InChI=1S/C16H26N2O2/c1-5-10(2)18-14(9-17)13-8-15-12(6-11(3)20-15)7-16(13)19-4/h7-8,10-11,14,18H,5-6,9,17H2,1-4H3. The van der Waals surface area contributed by atoms with E-state index < -0.39 is 0 Å². The molecule has 0 saturated carbocycles. The van der Waals surface area contributed by atoms with Crippen molar-refractivity contribution in [2.24, 2.45) is 5.73 Å². The smallest absolute Gasteiger partial charge is 0.124 e. The van der Waals surface area contributed by atoms with Gasteiger partial charge in [-0.15, -0.1) is 0 Å². The van der Waals surface area contributed by atoms with Crippen molar-refractivity contribution < 1.29 is 9.47 Å². The predicted octanol–water partition coefficient (Wildman–Crippen LogP) is 2.41. The number of rotatable bonds is 6. The lowest BCUT2D eigenvalue weighted by atomic mass is 10.0. The molecule has 20 heavy (non-hydrogen) atoms. The molecule has 1 aliphatic heterocycles. The van der Waals surface area contributed by atoms with Crippen LogP contribution in [0.4, 0.5) is 0 Å². The van der Waals surface area contributed by atoms with Gasteiger partial charge in [0.1, 0.15) is 17.6 Å². The molecule has 0 radical (unpaired) electrons. The molecule has 3 unspecified atom stereocenters. The van der Waals surface area contributed by atoms with Gasteiger partial charge < -0.3 is 20.5 Å². The highest BCUT2D eigenvalue weighted by Gasteiger charge is 2.24. The minimum atomic E-state index is 0.0877. The first-order valence-electron chi connectivity index (χ1n) is 7.42. The summed E-state index contributed by atoms with van der Waals surface area (Å²) >= 11 is 0. The van der Waals surface area contributed by atoms with E-state index in [-0.39, 0.29) is 12.1 Å². The molecule has 112 valence electrons. The Bertz CT molecular complexity index is 462. The van der Waals surface area contributed by atoms with Gasteiger partial charge >= 0.3 is 0 Å². The van der Waals surface area contributed by atoms with Gasteiger partial charge in [-0.2, -0.15) is 0 Å². The van der Waals surface area contributed by atoms with Gasteiger partial charge in [0, 0.05) is 36.2 Å². The van der Waals surface area contributed by atoms with Crippen LogP contribution in [0.15, 0.2) is 12.1 Å². The molecule has 4 nitrogen and oxygen atoms in total. The van der Waals surface area contributed by atoms with Crippen LogP contribution in [0.25, 0.3) is 0 Å². The molecule has 3 N–H and O–H groups in total. The second-order valence-electron chi connectivity index (χ2n) is 5.60. The number of fused-ring (bicyclic) bond motifs is 1. The normalized spacial score (nSPS) is 20.1. The quantitative estimate of drug-likeness (QED) is 0.839. The summed E-state index contributed by atoms with van der Waals surface area (Å²) in [6.07, 6.45) is 2.25. The van der Waals surface area contributed by atoms with Crippen molar-refractivity contribution in [3.63, 3.8) is 0 Å². The molecular formula is C16H26N2O2. The Hall–Kier alpha value is -1.26. The Kier molecular flexibility index (Phi) is 4.89. The van der Waals surface area contributed by atoms with Gasteiger partial charge in [-0.3, -0.25) is 0 Å². The van der Waals surface area contributed by atoms with Gasteiger partial charge in [0.05, 0.1) is 7.11 Å². The van der Waals surface area contributed by atoms with Crippen molar-refractivity contribution in [1.29, 1.82) is 0 Å². The molecule has 1 aromatic rings. The molecule has 3 atom stereocenters. The first kappa shape index (κ1) is 15.1. The summed E-state index contributed by atoms with van der Waals surface area (Å²) in [5.74, 6) is 1.87. The summed E-state index contributed by atoms with van der Waals surface area (Å²) in [6.45, 7) is 6.95. The molecular weight excluding hydrogens is 252 g/mol. The highest BCUT2D eigenvalue weighted by atomic mass is 16.5. The number of hydrogen-bond donors (Lipinski definition) is 2. The second kappa shape index (κ2) is 6.46. The molecule has 4 heteroatoms. The molecule has 0 bridgehead atoms. The van der Waals surface area contributed by atoms with Gasteiger partial charge in [0.15, 0.2) is 0 Å². The third-order valence-corrected chi connectivity index (χ3v) is 3.96. The van der Waals surface area contributed by atoms with Crippen molar-refractivity contribution in [2.75, 3.05) is 13.7 Å². The lowest BCUT2D eigenvalue weighted by molar-refractivity contribution is 0.254. The number of nitrogens with one attached hydrogen (secondary N) is 1. The first-order chi connectivity index (χ1) is 9.58. The van der Waals surface area contributed by atoms with E-state index in [2.05, 4.69) is 38.2 Å². The minimum absolute atomic E-state index is 0.0877. The van der Waals surface area contributed by atoms with E-state index in [1.54, 1.807) is 7.11 Å². The maximum absolute atomic E-state index is 5.95. The van der Waals surface area contributed by atoms with E-state index in [1.807, 2.05) is 0 Å². The summed E-state index contributed by atoms with van der Waals surface area (Å²) in [5.41, 5.74) is 8.25. The Morgan fingerprint density at radius 3 is 2.85 bits per heavy atom. The molecule has 0 saturated heterocycles. The lowest BCUT2D eigenvalue weighted by Crippen LogP contribution is -2.34. The van der Waals surface area contributed by atoms with E-state index in [4.69, 9.17) is 15.2 Å². The summed E-state index contributed by atoms with van der Waals surface area (Å²) in [7, 11) is 1.71. The molecule has 0 aromatic heterocycles. The first-order valence-corrected chi connectivity index (χ1v) is 7.42. The van der Waals surface area contributed by atoms with E-state index in [0.29, 0.717) is 12.6 Å². The Morgan fingerprint density at radius 2 is 2.25 bits per heavy atom. The van der Waals surface area contributed by atoms with Gasteiger partial charge in [0.25, 0.3) is 0 Å². The van der Waals surface area contributed by atoms with E-state index in [9.17, 15) is 0 Å². The van der Waals surface area contributed by atoms with Crippen LogP contribution in [-0.2, 0) is 6.42 Å². The zero-order chi connectivity index (χ0) is 14.7. The summed E-state index contributed by atoms with van der Waals surface area (Å²) in [4.78, 5) is 0. The number of methoxy groups -OCH3 is 1. The lowest BCUT2D eigenvalue weighted by Gasteiger charge is -2.24. The zero-order valence-electron chi connectivity index (χ0n) is 12.9. The fourth-order valence-electron chi connectivity index (χ4n) is 2.65. The fraction of sp³-hybridized carbons (Fsp3) is 0.625. The van der Waals surface area contributed by atoms with Gasteiger partial charge in [0.2, 0.25) is 0 Å². The maximum atomic E-state index is 5.95. The maximum Gasteiger partial charge on any atom is 0.124 e. The van der Waals surface area contributed by atoms with Gasteiger partial charge in [-0.1, -0.05) is 6.92 Å². The molecule has 1 aromatic carbocycles. The molecule has 1 heterocycles. The van der Waals surface area contributed by atoms with Crippen LogP contribution >= 0.6 is 0 Å². The molecule has 0 fully saturated rings. The van der Waals surface area contributed by atoms with Gasteiger partial charge in [-0.25, -0.2) is 0 Å². The van der Waals surface area contributed by atoms with E-state index in [0.717, 1.165) is 29.9 Å². The van der Waals surface area contributed by atoms with Crippen LogP contribution in [0.5, 0.6) is 11.5 Å². The Labute approximate surface area is 121 Å². The topological polar surface area (TPSA) is 56.5 Å². The van der Waals surface area contributed by atoms with Gasteiger partial charge in [-0.05, 0) is 32.4 Å². The summed E-state index contributed by atoms with van der Waals surface area (Å²) in [6, 6.07) is 4.69. The molecule has 0 amide bonds. The van der Waals surface area contributed by atoms with Crippen LogP contribution in [0, 0.1) is 0 Å². The Morgan fingerprint density at radius 1 is 1.50 bits per heavy atom. The average molecular weight is 278 g/mol. The Balaban J connectivity index is 2.32. The second-order valence-corrected chi connectivity index (χ2v) is 5.60. The van der Waals surface area contributed by atoms with E-state index >= 15 is 0 Å². The van der Waals surface area contributed by atoms with Crippen molar-refractivity contribution in [2.45, 2.75) is 51.8 Å². The van der Waals surface area contributed by atoms with Crippen LogP contribution in [0.1, 0.15) is 44.4 Å². The largest absolute Gasteiger partial charge is 0.496 e. The predicted molar refractivity (Wildman–Crippen MR) is 81.5 cm³/mol. The third-order valence-electron chi connectivity index (χ3n) is 3.96. The summed E-state index contributed by atoms with van der Waals surface area (Å²) in [5, 5.41) is 3.55. The van der Waals surface area contributed by atoms with Crippen molar-refractivity contribution in [3.8, 4) is 11.5 Å². The third kappa shape index (κ3) is 3.07. The monoisotopic (exact) mass is 278 g/mol. The fourth-order valence-corrected chi connectivity index (χ4v) is 2.65. The number of benzene rings is 1. The molecule has 2 rings (SSSR count). The van der Waals surface area contributed by atoms with Crippen LogP contribution in [0.3, 0.4) is 0 Å². The molecule has 1 aliphatic rings. The number of ether oxygens (including phenoxy) is 2. The number of hydrogen-bond acceptors (Lipinski definition) is 4. The van der Waals surface area contributed by atoms with Crippen LogP contribution in [-0.4, -0.2) is 25.8 Å². The average Bonchev–Trinajstić information content (AvgIpc) is 2.81. The molecule has 0 spiro atoms. The van der Waals surface area contributed by atoms with Crippen LogP contribution < -0.4 is 20.5 Å². The summed E-state index contributed by atoms with van der Waals surface area (Å²) < 4.78 is 11.4. The van der Waals surface area contributed by atoms with Crippen molar-refractivity contribution in [1.82, 2.24) is 5.32 Å². The van der Waals surface area contributed by atoms with E-state index in [1.165, 1.54) is 5.56 Å². The molecule has 0 aliphatic carbocycles. The zero-order valence-corrected chi connectivity index (χ0v) is 12.9. The SMILES string of the molecule is CCC(C)NC(CN)c1cc2c(cc1OC)CC(C)O2. The van der Waals surface area contributed by atoms with Crippen molar-refractivity contribution >= 4 is 0 Å². The highest BCUT2D eigenvalue weighted by molar-refractivity contribution is 5.50. The number of nitrogens with two attached hydrogens (primary N) is 1.